The molecule has 2 N–H and O–H groups in total. The Morgan fingerprint density at radius 3 is 2.50 bits per heavy atom. The van der Waals surface area contributed by atoms with E-state index in [1.54, 1.807) is 61.6 Å². The lowest BCUT2D eigenvalue weighted by molar-refractivity contribution is -0.0918. The molecule has 2 aromatic rings. The molecule has 32 heavy (non-hydrogen) atoms. The van der Waals surface area contributed by atoms with Crippen molar-refractivity contribution in [3.8, 4) is 0 Å². The van der Waals surface area contributed by atoms with E-state index in [-0.39, 0.29) is 11.6 Å². The molecular weight excluding hydrogens is 455 g/mol. The first-order chi connectivity index (χ1) is 15.0. The highest BCUT2D eigenvalue weighted by Gasteiger charge is 2.34. The van der Waals surface area contributed by atoms with E-state index in [1.165, 1.54) is 16.7 Å². The molecule has 0 radical (unpaired) electrons. The van der Waals surface area contributed by atoms with E-state index in [2.05, 4.69) is 29.1 Å². The van der Waals surface area contributed by atoms with Crippen LogP contribution in [0.3, 0.4) is 0 Å². The predicted molar refractivity (Wildman–Crippen MR) is 130 cm³/mol. The lowest BCUT2D eigenvalue weighted by Crippen LogP contribution is -2.27. The maximum atomic E-state index is 12.7. The second-order valence-corrected chi connectivity index (χ2v) is 9.20. The van der Waals surface area contributed by atoms with Gasteiger partial charge in [0.05, 0.1) is 10.9 Å². The van der Waals surface area contributed by atoms with Crippen LogP contribution in [0.4, 0.5) is 13.2 Å². The number of nitrogens with two attached hydrogens (primary N) is 1. The third-order valence-electron chi connectivity index (χ3n) is 4.68. The van der Waals surface area contributed by atoms with Crippen LogP contribution in [-0.4, -0.2) is 29.9 Å². The van der Waals surface area contributed by atoms with Crippen molar-refractivity contribution >= 4 is 34.7 Å². The van der Waals surface area contributed by atoms with Crippen LogP contribution < -0.4 is 5.73 Å². The molecule has 0 fully saturated rings. The van der Waals surface area contributed by atoms with Crippen LogP contribution >= 0.6 is 22.9 Å². The maximum absolute atomic E-state index is 12.7. The number of hydrogen-bond donors (Lipinski definition) is 1. The van der Waals surface area contributed by atoms with Crippen LogP contribution in [0.2, 0.25) is 4.34 Å². The number of alkyl halides is 3. The van der Waals surface area contributed by atoms with Crippen molar-refractivity contribution in [2.75, 3.05) is 6.54 Å². The molecule has 0 atom stereocenters. The van der Waals surface area contributed by atoms with Crippen LogP contribution in [0, 0.1) is 0 Å². The Bertz CT molecular complexity index is 992. The lowest BCUT2D eigenvalue weighted by atomic mass is 10.0. The van der Waals surface area contributed by atoms with Crippen molar-refractivity contribution in [3.05, 3.63) is 87.4 Å². The zero-order valence-corrected chi connectivity index (χ0v) is 19.7. The van der Waals surface area contributed by atoms with Gasteiger partial charge in [-0.15, -0.1) is 11.3 Å². The molecule has 0 saturated heterocycles. The number of benzene rings is 1. The molecule has 1 aromatic carbocycles. The summed E-state index contributed by atoms with van der Waals surface area (Å²) in [5, 5.41) is 0. The van der Waals surface area contributed by atoms with Gasteiger partial charge < -0.3 is 10.6 Å². The smallest absolute Gasteiger partial charge is 0.394 e. The number of thiophene rings is 1. The fourth-order valence-electron chi connectivity index (χ4n) is 2.95. The number of nitrogens with zero attached hydrogens (tertiary/aromatic N) is 2. The van der Waals surface area contributed by atoms with E-state index in [0.29, 0.717) is 5.56 Å². The third kappa shape index (κ3) is 7.28. The first kappa shape index (κ1) is 25.7. The first-order valence-electron chi connectivity index (χ1n) is 10.0. The Kier molecular flexibility index (Phi) is 9.16. The van der Waals surface area contributed by atoms with Gasteiger partial charge in [0.1, 0.15) is 5.70 Å². The summed E-state index contributed by atoms with van der Waals surface area (Å²) in [7, 11) is 0. The fraction of sp³-hybridized carbons (Fsp3) is 0.292. The topological polar surface area (TPSA) is 41.6 Å². The molecule has 2 heterocycles. The summed E-state index contributed by atoms with van der Waals surface area (Å²) in [5.74, 6) is 0. The SMILES string of the molecule is C=CC(=C)N1CCc2cc(Cl)sc2C1.CC(C)N=C/C(=C(\N)C(F)(F)F)c1ccccc1. The molecule has 0 bridgehead atoms. The highest BCUT2D eigenvalue weighted by atomic mass is 35.5. The van der Waals surface area contributed by atoms with Gasteiger partial charge in [-0.25, -0.2) is 0 Å². The number of aliphatic imine (C=N–C) groups is 1. The standard InChI is InChI=1S/C13H15F3N2.C11H12ClNS/c1-9(2)18-8-11(12(17)13(14,15)16)10-6-4-3-5-7-10;1-3-8(2)13-5-4-9-6-11(12)14-10(9)7-13/h3-9H,17H2,1-2H3;3,6H,1-2,4-5,7H2/b12-11+,18-8?;. The first-order valence-corrected chi connectivity index (χ1v) is 11.2. The molecule has 0 amide bonds. The van der Waals surface area contributed by atoms with Crippen molar-refractivity contribution in [1.82, 2.24) is 4.90 Å². The Hall–Kier alpha value is -2.51. The van der Waals surface area contributed by atoms with Crippen LogP contribution in [0.15, 0.2) is 72.0 Å². The summed E-state index contributed by atoms with van der Waals surface area (Å²) in [6.07, 6.45) is -0.511. The third-order valence-corrected chi connectivity index (χ3v) is 5.97. The molecule has 1 aromatic heterocycles. The monoisotopic (exact) mass is 481 g/mol. The van der Waals surface area contributed by atoms with Crippen molar-refractivity contribution < 1.29 is 13.2 Å². The number of fused-ring (bicyclic) bond motifs is 1. The summed E-state index contributed by atoms with van der Waals surface area (Å²) in [5.41, 5.74) is 6.75. The van der Waals surface area contributed by atoms with Gasteiger partial charge in [0, 0.05) is 34.9 Å². The summed E-state index contributed by atoms with van der Waals surface area (Å²) in [4.78, 5) is 7.58. The van der Waals surface area contributed by atoms with Crippen LogP contribution in [0.25, 0.3) is 5.57 Å². The summed E-state index contributed by atoms with van der Waals surface area (Å²) in [6.45, 7) is 13.2. The molecule has 8 heteroatoms. The second kappa shape index (κ2) is 11.4. The molecule has 0 spiro atoms. The Morgan fingerprint density at radius 2 is 1.94 bits per heavy atom. The summed E-state index contributed by atoms with van der Waals surface area (Å²) < 4.78 is 38.9. The zero-order valence-electron chi connectivity index (χ0n) is 18.1. The number of hydrogen-bond acceptors (Lipinski definition) is 4. The average molecular weight is 482 g/mol. The summed E-state index contributed by atoms with van der Waals surface area (Å²) in [6, 6.07) is 10.2. The van der Waals surface area contributed by atoms with Crippen molar-refractivity contribution in [1.29, 1.82) is 0 Å². The van der Waals surface area contributed by atoms with E-state index >= 15 is 0 Å². The molecule has 3 nitrogen and oxygen atoms in total. The van der Waals surface area contributed by atoms with Gasteiger partial charge in [-0.3, -0.25) is 4.99 Å². The van der Waals surface area contributed by atoms with Gasteiger partial charge in [0.2, 0.25) is 0 Å². The van der Waals surface area contributed by atoms with Gasteiger partial charge in [-0.05, 0) is 43.5 Å². The molecule has 172 valence electrons. The molecule has 0 saturated carbocycles. The fourth-order valence-corrected chi connectivity index (χ4v) is 4.31. The largest absolute Gasteiger partial charge is 0.431 e. The molecular formula is C24H27ClF3N3S. The normalized spacial score (nSPS) is 14.5. The van der Waals surface area contributed by atoms with Crippen LogP contribution in [0.5, 0.6) is 0 Å². The second-order valence-electron chi connectivity index (χ2n) is 7.43. The minimum atomic E-state index is -4.56. The maximum Gasteiger partial charge on any atom is 0.431 e. The minimum Gasteiger partial charge on any atom is -0.394 e. The van der Waals surface area contributed by atoms with Gasteiger partial charge in [0.25, 0.3) is 0 Å². The van der Waals surface area contributed by atoms with E-state index in [0.717, 1.165) is 29.5 Å². The van der Waals surface area contributed by atoms with Crippen molar-refractivity contribution in [3.63, 3.8) is 0 Å². The lowest BCUT2D eigenvalue weighted by Gasteiger charge is -2.28. The zero-order chi connectivity index (χ0) is 23.9. The van der Waals surface area contributed by atoms with Gasteiger partial charge >= 0.3 is 6.18 Å². The Labute approximate surface area is 196 Å². The highest BCUT2D eigenvalue weighted by molar-refractivity contribution is 7.16. The van der Waals surface area contributed by atoms with Gasteiger partial charge in [0.15, 0.2) is 0 Å². The number of halogens is 4. The van der Waals surface area contributed by atoms with Crippen LogP contribution in [-0.2, 0) is 13.0 Å². The minimum absolute atomic E-state index is 0.0928. The van der Waals surface area contributed by atoms with E-state index in [4.69, 9.17) is 17.3 Å². The van der Waals surface area contributed by atoms with Gasteiger partial charge in [-0.2, -0.15) is 13.2 Å². The number of rotatable bonds is 5. The van der Waals surface area contributed by atoms with E-state index in [1.807, 2.05) is 0 Å². The summed E-state index contributed by atoms with van der Waals surface area (Å²) >= 11 is 7.64. The van der Waals surface area contributed by atoms with E-state index < -0.39 is 11.9 Å². The molecule has 0 unspecified atom stereocenters. The van der Waals surface area contributed by atoms with Crippen molar-refractivity contribution in [2.45, 2.75) is 39.0 Å². The Morgan fingerprint density at radius 1 is 1.28 bits per heavy atom. The van der Waals surface area contributed by atoms with E-state index in [9.17, 15) is 13.2 Å². The average Bonchev–Trinajstić information content (AvgIpc) is 3.12. The molecule has 1 aliphatic rings. The van der Waals surface area contributed by atoms with Crippen LogP contribution in [0.1, 0.15) is 29.9 Å². The highest BCUT2D eigenvalue weighted by Crippen LogP contribution is 2.32. The predicted octanol–water partition coefficient (Wildman–Crippen LogP) is 6.86. The molecule has 3 rings (SSSR count). The molecule has 0 aliphatic carbocycles. The van der Waals surface area contributed by atoms with Gasteiger partial charge in [-0.1, -0.05) is 55.1 Å². The Balaban J connectivity index is 0.000000233. The van der Waals surface area contributed by atoms with Crippen molar-refractivity contribution in [2.24, 2.45) is 10.7 Å². The molecule has 1 aliphatic heterocycles. The number of allylic oxidation sites excluding steroid dienone is 3. The quantitative estimate of drug-likeness (QED) is 0.374.